The number of hydrogen-bond acceptors (Lipinski definition) is 3. The van der Waals surface area contributed by atoms with Crippen molar-refractivity contribution in [2.45, 2.75) is 10.6 Å². The standard InChI is InChI=1S/C14H13ClFNO2S/c1-19-11-5-9(4-10(17)6-11)8-20(18)12-2-3-14(16)13(15)7-12/h2-7H,8,17H2,1H3. The SMILES string of the molecule is COc1cc(N)cc(CS(=O)c2ccc(F)c(Cl)c2)c1. The van der Waals surface area contributed by atoms with Gasteiger partial charge in [-0.2, -0.15) is 0 Å². The largest absolute Gasteiger partial charge is 0.497 e. The van der Waals surface area contributed by atoms with Crippen LogP contribution in [0.3, 0.4) is 0 Å². The minimum Gasteiger partial charge on any atom is -0.497 e. The van der Waals surface area contributed by atoms with Crippen molar-refractivity contribution in [3.63, 3.8) is 0 Å². The van der Waals surface area contributed by atoms with Gasteiger partial charge in [-0.1, -0.05) is 11.6 Å². The summed E-state index contributed by atoms with van der Waals surface area (Å²) in [6, 6.07) is 9.21. The van der Waals surface area contributed by atoms with Gasteiger partial charge >= 0.3 is 0 Å². The lowest BCUT2D eigenvalue weighted by Crippen LogP contribution is -1.99. The number of benzene rings is 2. The fraction of sp³-hybridized carbons (Fsp3) is 0.143. The lowest BCUT2D eigenvalue weighted by molar-refractivity contribution is 0.414. The first-order valence-electron chi connectivity index (χ1n) is 5.76. The van der Waals surface area contributed by atoms with Crippen molar-refractivity contribution in [1.82, 2.24) is 0 Å². The lowest BCUT2D eigenvalue weighted by atomic mass is 10.2. The molecule has 0 saturated carbocycles. The molecule has 106 valence electrons. The summed E-state index contributed by atoms with van der Waals surface area (Å²) in [5.41, 5.74) is 7.06. The molecule has 0 aliphatic carbocycles. The normalized spacial score (nSPS) is 12.2. The molecular weight excluding hydrogens is 301 g/mol. The van der Waals surface area contributed by atoms with Crippen molar-refractivity contribution < 1.29 is 13.3 Å². The third kappa shape index (κ3) is 3.49. The molecule has 1 unspecified atom stereocenters. The fourth-order valence-corrected chi connectivity index (χ4v) is 3.09. The molecule has 2 rings (SSSR count). The Bertz CT molecular complexity index is 664. The van der Waals surface area contributed by atoms with E-state index in [9.17, 15) is 8.60 Å². The van der Waals surface area contributed by atoms with Crippen molar-refractivity contribution in [2.75, 3.05) is 12.8 Å². The minimum absolute atomic E-state index is 0.0407. The zero-order valence-electron chi connectivity index (χ0n) is 10.7. The molecule has 2 aromatic carbocycles. The van der Waals surface area contributed by atoms with E-state index in [4.69, 9.17) is 22.1 Å². The molecule has 2 N–H and O–H groups in total. The van der Waals surface area contributed by atoms with E-state index in [2.05, 4.69) is 0 Å². The number of nitrogens with two attached hydrogens (primary N) is 1. The number of anilines is 1. The van der Waals surface area contributed by atoms with E-state index in [-0.39, 0.29) is 10.8 Å². The summed E-state index contributed by atoms with van der Waals surface area (Å²) >= 11 is 5.68. The van der Waals surface area contributed by atoms with E-state index in [0.29, 0.717) is 16.3 Å². The first-order valence-corrected chi connectivity index (χ1v) is 7.46. The molecule has 0 amide bonds. The molecule has 1 atom stereocenters. The molecule has 0 fully saturated rings. The van der Waals surface area contributed by atoms with Gasteiger partial charge in [0.2, 0.25) is 0 Å². The Morgan fingerprint density at radius 1 is 1.30 bits per heavy atom. The van der Waals surface area contributed by atoms with Crippen LogP contribution in [0.4, 0.5) is 10.1 Å². The summed E-state index contributed by atoms with van der Waals surface area (Å²) in [6.07, 6.45) is 0. The number of methoxy groups -OCH3 is 1. The second-order valence-electron chi connectivity index (χ2n) is 4.18. The van der Waals surface area contributed by atoms with Crippen LogP contribution in [-0.4, -0.2) is 11.3 Å². The summed E-state index contributed by atoms with van der Waals surface area (Å²) in [4.78, 5) is 0.470. The predicted molar refractivity (Wildman–Crippen MR) is 78.9 cm³/mol. The van der Waals surface area contributed by atoms with Crippen LogP contribution in [0.25, 0.3) is 0 Å². The molecule has 2 aromatic rings. The summed E-state index contributed by atoms with van der Waals surface area (Å²) in [6.45, 7) is 0. The maximum absolute atomic E-state index is 13.1. The smallest absolute Gasteiger partial charge is 0.141 e. The van der Waals surface area contributed by atoms with Gasteiger partial charge in [0.1, 0.15) is 11.6 Å². The minimum atomic E-state index is -1.33. The van der Waals surface area contributed by atoms with Gasteiger partial charge in [-0.25, -0.2) is 4.39 Å². The highest BCUT2D eigenvalue weighted by Gasteiger charge is 2.09. The molecule has 0 aromatic heterocycles. The number of hydrogen-bond donors (Lipinski definition) is 1. The van der Waals surface area contributed by atoms with Gasteiger partial charge < -0.3 is 10.5 Å². The predicted octanol–water partition coefficient (Wildman–Crippen LogP) is 3.38. The zero-order valence-corrected chi connectivity index (χ0v) is 12.3. The maximum Gasteiger partial charge on any atom is 0.141 e. The summed E-state index contributed by atoms with van der Waals surface area (Å²) in [7, 11) is 0.203. The molecular formula is C14H13ClFNO2S. The van der Waals surface area contributed by atoms with Crippen LogP contribution in [0.2, 0.25) is 5.02 Å². The third-order valence-electron chi connectivity index (χ3n) is 2.68. The van der Waals surface area contributed by atoms with Crippen molar-refractivity contribution in [3.05, 3.63) is 52.8 Å². The van der Waals surface area contributed by atoms with Crippen molar-refractivity contribution in [2.24, 2.45) is 0 Å². The Morgan fingerprint density at radius 2 is 2.05 bits per heavy atom. The van der Waals surface area contributed by atoms with Gasteiger partial charge in [0.05, 0.1) is 28.7 Å². The van der Waals surface area contributed by atoms with Crippen LogP contribution in [0, 0.1) is 5.82 Å². The van der Waals surface area contributed by atoms with Crippen LogP contribution in [0.5, 0.6) is 5.75 Å². The molecule has 3 nitrogen and oxygen atoms in total. The molecule has 0 bridgehead atoms. The topological polar surface area (TPSA) is 52.3 Å². The molecule has 0 aliphatic rings. The highest BCUT2D eigenvalue weighted by Crippen LogP contribution is 2.23. The van der Waals surface area contributed by atoms with E-state index >= 15 is 0 Å². The van der Waals surface area contributed by atoms with Gasteiger partial charge in [0, 0.05) is 16.6 Å². The van der Waals surface area contributed by atoms with Gasteiger partial charge in [0.15, 0.2) is 0 Å². The Balaban J connectivity index is 2.23. The number of nitrogen functional groups attached to an aromatic ring is 1. The number of ether oxygens (including phenoxy) is 1. The highest BCUT2D eigenvalue weighted by atomic mass is 35.5. The molecule has 0 spiro atoms. The quantitative estimate of drug-likeness (QED) is 0.880. The van der Waals surface area contributed by atoms with Crippen LogP contribution in [-0.2, 0) is 16.6 Å². The first-order chi connectivity index (χ1) is 9.49. The van der Waals surface area contributed by atoms with Gasteiger partial charge in [-0.15, -0.1) is 0 Å². The maximum atomic E-state index is 13.1. The second-order valence-corrected chi connectivity index (χ2v) is 6.04. The molecule has 0 heterocycles. The van der Waals surface area contributed by atoms with Crippen LogP contribution < -0.4 is 10.5 Å². The van der Waals surface area contributed by atoms with Gasteiger partial charge in [-0.05, 0) is 35.9 Å². The van der Waals surface area contributed by atoms with Crippen LogP contribution in [0.15, 0.2) is 41.3 Å². The highest BCUT2D eigenvalue weighted by molar-refractivity contribution is 7.84. The van der Waals surface area contributed by atoms with E-state index in [1.807, 2.05) is 0 Å². The number of halogens is 2. The van der Waals surface area contributed by atoms with E-state index in [0.717, 1.165) is 5.56 Å². The summed E-state index contributed by atoms with van der Waals surface area (Å²) in [5, 5.41) is -0.0407. The Hall–Kier alpha value is -1.59. The molecule has 20 heavy (non-hydrogen) atoms. The van der Waals surface area contributed by atoms with Gasteiger partial charge in [-0.3, -0.25) is 4.21 Å². The van der Waals surface area contributed by atoms with Crippen LogP contribution >= 0.6 is 11.6 Å². The van der Waals surface area contributed by atoms with Crippen molar-refractivity contribution >= 4 is 28.1 Å². The fourth-order valence-electron chi connectivity index (χ4n) is 1.74. The number of rotatable bonds is 4. The third-order valence-corrected chi connectivity index (χ3v) is 4.34. The first kappa shape index (κ1) is 14.8. The van der Waals surface area contributed by atoms with Gasteiger partial charge in [0.25, 0.3) is 0 Å². The summed E-state index contributed by atoms with van der Waals surface area (Å²) in [5.74, 6) is 0.329. The monoisotopic (exact) mass is 313 g/mol. The van der Waals surface area contributed by atoms with Crippen molar-refractivity contribution in [1.29, 1.82) is 0 Å². The average Bonchev–Trinajstić information content (AvgIpc) is 2.41. The molecule has 6 heteroatoms. The van der Waals surface area contributed by atoms with E-state index in [1.165, 1.54) is 25.3 Å². The molecule has 0 aliphatic heterocycles. The lowest BCUT2D eigenvalue weighted by Gasteiger charge is -2.07. The Morgan fingerprint density at radius 3 is 2.70 bits per heavy atom. The zero-order chi connectivity index (χ0) is 14.7. The van der Waals surface area contributed by atoms with Crippen molar-refractivity contribution in [3.8, 4) is 5.75 Å². The second kappa shape index (κ2) is 6.24. The molecule has 0 saturated heterocycles. The Kier molecular flexibility index (Phi) is 4.62. The van der Waals surface area contributed by atoms with E-state index in [1.54, 1.807) is 18.2 Å². The average molecular weight is 314 g/mol. The molecule has 0 radical (unpaired) electrons. The van der Waals surface area contributed by atoms with E-state index < -0.39 is 16.6 Å². The summed E-state index contributed by atoms with van der Waals surface area (Å²) < 4.78 is 30.4. The van der Waals surface area contributed by atoms with Crippen LogP contribution in [0.1, 0.15) is 5.56 Å². The Labute approximate surface area is 124 Å².